The van der Waals surface area contributed by atoms with E-state index in [0.717, 1.165) is 5.69 Å². The number of likely N-dealkylation sites (N-methyl/N-ethyl adjacent to an activating group) is 1. The number of anilines is 1. The number of hydrogen-bond donors (Lipinski definition) is 3. The zero-order chi connectivity index (χ0) is 20.0. The lowest BCUT2D eigenvalue weighted by Gasteiger charge is -2.36. The van der Waals surface area contributed by atoms with Crippen molar-refractivity contribution in [3.8, 4) is 5.75 Å². The summed E-state index contributed by atoms with van der Waals surface area (Å²) in [5.74, 6) is 0.335. The number of amides is 2. The lowest BCUT2D eigenvalue weighted by molar-refractivity contribution is -0.122. The fourth-order valence-electron chi connectivity index (χ4n) is 2.72. The number of aliphatic hydroxyl groups is 1. The Morgan fingerprint density at radius 2 is 2.11 bits per heavy atom. The predicted molar refractivity (Wildman–Crippen MR) is 102 cm³/mol. The smallest absolute Gasteiger partial charge is 0.251 e. The molecule has 0 aromatic heterocycles. The van der Waals surface area contributed by atoms with Crippen molar-refractivity contribution in [1.29, 1.82) is 0 Å². The Bertz CT molecular complexity index is 672. The van der Waals surface area contributed by atoms with Crippen LogP contribution in [0.2, 0.25) is 0 Å². The van der Waals surface area contributed by atoms with Crippen LogP contribution >= 0.6 is 0 Å². The molecular weight excluding hydrogens is 350 g/mol. The van der Waals surface area contributed by atoms with Crippen molar-refractivity contribution < 1.29 is 24.2 Å². The van der Waals surface area contributed by atoms with Crippen molar-refractivity contribution >= 4 is 17.5 Å². The third-order valence-corrected chi connectivity index (χ3v) is 4.31. The van der Waals surface area contributed by atoms with Gasteiger partial charge in [0.2, 0.25) is 5.91 Å². The molecule has 27 heavy (non-hydrogen) atoms. The number of benzene rings is 1. The molecule has 1 aromatic rings. The van der Waals surface area contributed by atoms with Crippen molar-refractivity contribution in [3.05, 3.63) is 23.8 Å². The molecule has 0 fully saturated rings. The van der Waals surface area contributed by atoms with Crippen LogP contribution in [0.5, 0.6) is 5.75 Å². The second-order valence-electron chi connectivity index (χ2n) is 7.30. The highest BCUT2D eigenvalue weighted by molar-refractivity contribution is 5.95. The second kappa shape index (κ2) is 9.05. The maximum absolute atomic E-state index is 12.2. The summed E-state index contributed by atoms with van der Waals surface area (Å²) in [6.45, 7) is 4.71. The van der Waals surface area contributed by atoms with Gasteiger partial charge in [-0.25, -0.2) is 0 Å². The molecule has 0 aliphatic carbocycles. The highest BCUT2D eigenvalue weighted by Crippen LogP contribution is 2.34. The van der Waals surface area contributed by atoms with Crippen molar-refractivity contribution in [1.82, 2.24) is 10.6 Å². The summed E-state index contributed by atoms with van der Waals surface area (Å²) in [5, 5.41) is 15.2. The molecule has 0 radical (unpaired) electrons. The quantitative estimate of drug-likeness (QED) is 0.570. The Balaban J connectivity index is 2.02. The molecule has 0 saturated carbocycles. The van der Waals surface area contributed by atoms with E-state index in [-0.39, 0.29) is 30.8 Å². The molecule has 0 spiro atoms. The van der Waals surface area contributed by atoms with Crippen LogP contribution in [0.1, 0.15) is 30.6 Å². The first-order valence-electron chi connectivity index (χ1n) is 8.97. The number of hydrogen-bond acceptors (Lipinski definition) is 6. The van der Waals surface area contributed by atoms with E-state index in [0.29, 0.717) is 31.1 Å². The van der Waals surface area contributed by atoms with E-state index in [4.69, 9.17) is 9.47 Å². The summed E-state index contributed by atoms with van der Waals surface area (Å²) in [5.41, 5.74) is 0.329. The average Bonchev–Trinajstić information content (AvgIpc) is 2.62. The first kappa shape index (κ1) is 21.0. The number of ether oxygens (including phenoxy) is 2. The summed E-state index contributed by atoms with van der Waals surface area (Å²) in [4.78, 5) is 26.3. The summed E-state index contributed by atoms with van der Waals surface area (Å²) < 4.78 is 10.7. The third-order valence-electron chi connectivity index (χ3n) is 4.31. The number of fused-ring (bicyclic) bond motifs is 1. The Labute approximate surface area is 159 Å². The fraction of sp³-hybridized carbons (Fsp3) is 0.579. The van der Waals surface area contributed by atoms with E-state index in [1.165, 1.54) is 0 Å². The SMILES string of the molecule is COCCNC(=O)c1ccc2c(c1)N(C)C(CC(=O)NCC(C)(C)O)CO2. The standard InChI is InChI=1S/C19H29N3O5/c1-19(2,25)12-21-17(23)10-14-11-27-16-6-5-13(9-15(16)22(14)3)18(24)20-7-8-26-4/h5-6,9,14,25H,7-8,10-12H2,1-4H3,(H,20,24)(H,21,23). The normalized spacial score (nSPS) is 16.3. The van der Waals surface area contributed by atoms with E-state index in [1.54, 1.807) is 39.2 Å². The van der Waals surface area contributed by atoms with Gasteiger partial charge in [0.15, 0.2) is 0 Å². The van der Waals surface area contributed by atoms with Crippen LogP contribution in [0.4, 0.5) is 5.69 Å². The molecule has 2 amide bonds. The summed E-state index contributed by atoms with van der Waals surface area (Å²) in [6, 6.07) is 5.08. The van der Waals surface area contributed by atoms with Crippen molar-refractivity contribution in [3.63, 3.8) is 0 Å². The lowest BCUT2D eigenvalue weighted by Crippen LogP contribution is -2.45. The Morgan fingerprint density at radius 3 is 2.78 bits per heavy atom. The molecular formula is C19H29N3O5. The minimum atomic E-state index is -0.956. The number of methoxy groups -OCH3 is 1. The van der Waals surface area contributed by atoms with Crippen LogP contribution in [0.15, 0.2) is 18.2 Å². The van der Waals surface area contributed by atoms with Gasteiger partial charge in [0.1, 0.15) is 12.4 Å². The van der Waals surface area contributed by atoms with Crippen LogP contribution < -0.4 is 20.3 Å². The molecule has 150 valence electrons. The summed E-state index contributed by atoms with van der Waals surface area (Å²) in [6.07, 6.45) is 0.232. The number of nitrogens with zero attached hydrogens (tertiary/aromatic N) is 1. The molecule has 0 saturated heterocycles. The van der Waals surface area contributed by atoms with Crippen LogP contribution in [-0.4, -0.2) is 69.0 Å². The molecule has 1 unspecified atom stereocenters. The lowest BCUT2D eigenvalue weighted by atomic mass is 10.1. The van der Waals surface area contributed by atoms with Gasteiger partial charge in [0, 0.05) is 32.8 Å². The number of nitrogens with one attached hydrogen (secondary N) is 2. The van der Waals surface area contributed by atoms with Gasteiger partial charge in [-0.05, 0) is 32.0 Å². The van der Waals surface area contributed by atoms with Gasteiger partial charge in [-0.1, -0.05) is 0 Å². The topological polar surface area (TPSA) is 100 Å². The van der Waals surface area contributed by atoms with Crippen LogP contribution in [0.25, 0.3) is 0 Å². The monoisotopic (exact) mass is 379 g/mol. The molecule has 1 aliphatic rings. The Hall–Kier alpha value is -2.32. The molecule has 1 aliphatic heterocycles. The van der Waals surface area contributed by atoms with Crippen molar-refractivity contribution in [2.24, 2.45) is 0 Å². The number of rotatable bonds is 8. The van der Waals surface area contributed by atoms with Gasteiger partial charge in [0.05, 0.1) is 30.4 Å². The van der Waals surface area contributed by atoms with Crippen molar-refractivity contribution in [2.75, 3.05) is 45.4 Å². The predicted octanol–water partition coefficient (Wildman–Crippen LogP) is 0.537. The maximum Gasteiger partial charge on any atom is 0.251 e. The molecule has 1 heterocycles. The molecule has 0 bridgehead atoms. The minimum Gasteiger partial charge on any atom is -0.489 e. The molecule has 3 N–H and O–H groups in total. The first-order chi connectivity index (χ1) is 12.7. The minimum absolute atomic E-state index is 0.158. The van der Waals surface area contributed by atoms with Gasteiger partial charge in [-0.15, -0.1) is 0 Å². The highest BCUT2D eigenvalue weighted by atomic mass is 16.5. The molecule has 2 rings (SSSR count). The van der Waals surface area contributed by atoms with Gasteiger partial charge >= 0.3 is 0 Å². The highest BCUT2D eigenvalue weighted by Gasteiger charge is 2.28. The first-order valence-corrected chi connectivity index (χ1v) is 8.97. The van der Waals surface area contributed by atoms with Gasteiger partial charge in [0.25, 0.3) is 5.91 Å². The number of carbonyl (C=O) groups is 2. The Kier molecular flexibility index (Phi) is 7.04. The molecule has 1 atom stereocenters. The summed E-state index contributed by atoms with van der Waals surface area (Å²) >= 11 is 0. The van der Waals surface area contributed by atoms with E-state index in [2.05, 4.69) is 10.6 Å². The Morgan fingerprint density at radius 1 is 1.37 bits per heavy atom. The second-order valence-corrected chi connectivity index (χ2v) is 7.30. The van der Waals surface area contributed by atoms with E-state index in [9.17, 15) is 14.7 Å². The number of carbonyl (C=O) groups excluding carboxylic acids is 2. The summed E-state index contributed by atoms with van der Waals surface area (Å²) in [7, 11) is 3.46. The maximum atomic E-state index is 12.2. The zero-order valence-electron chi connectivity index (χ0n) is 16.4. The van der Waals surface area contributed by atoms with E-state index >= 15 is 0 Å². The van der Waals surface area contributed by atoms with E-state index < -0.39 is 5.60 Å². The van der Waals surface area contributed by atoms with Crippen LogP contribution in [0.3, 0.4) is 0 Å². The average molecular weight is 379 g/mol. The zero-order valence-corrected chi connectivity index (χ0v) is 16.4. The van der Waals surface area contributed by atoms with Crippen LogP contribution in [-0.2, 0) is 9.53 Å². The van der Waals surface area contributed by atoms with Gasteiger partial charge < -0.3 is 30.1 Å². The fourth-order valence-corrected chi connectivity index (χ4v) is 2.72. The van der Waals surface area contributed by atoms with Gasteiger partial charge in [-0.3, -0.25) is 9.59 Å². The largest absolute Gasteiger partial charge is 0.489 e. The van der Waals surface area contributed by atoms with Crippen molar-refractivity contribution in [2.45, 2.75) is 31.9 Å². The molecule has 8 heteroatoms. The van der Waals surface area contributed by atoms with Crippen LogP contribution in [0, 0.1) is 0 Å². The third kappa shape index (κ3) is 6.11. The van der Waals surface area contributed by atoms with Gasteiger partial charge in [-0.2, -0.15) is 0 Å². The molecule has 8 nitrogen and oxygen atoms in total. The molecule has 1 aromatic carbocycles. The van der Waals surface area contributed by atoms with E-state index in [1.807, 2.05) is 11.9 Å².